The van der Waals surface area contributed by atoms with Crippen LogP contribution in [0.4, 0.5) is 0 Å². The molecular formula is C20H32N2. The summed E-state index contributed by atoms with van der Waals surface area (Å²) in [6.07, 6.45) is 18.9. The molecule has 0 aromatic rings. The highest BCUT2D eigenvalue weighted by atomic mass is 15.2. The van der Waals surface area contributed by atoms with Crippen molar-refractivity contribution in [3.8, 4) is 0 Å². The van der Waals surface area contributed by atoms with Gasteiger partial charge in [0.05, 0.1) is 0 Å². The van der Waals surface area contributed by atoms with Crippen LogP contribution < -0.4 is 5.73 Å². The van der Waals surface area contributed by atoms with E-state index in [0.717, 1.165) is 24.3 Å². The van der Waals surface area contributed by atoms with Crippen molar-refractivity contribution in [3.63, 3.8) is 0 Å². The van der Waals surface area contributed by atoms with Gasteiger partial charge < -0.3 is 10.6 Å². The van der Waals surface area contributed by atoms with Crippen LogP contribution in [0.1, 0.15) is 58.8 Å². The average molecular weight is 300 g/mol. The molecule has 6 atom stereocenters. The molecule has 3 saturated carbocycles. The lowest BCUT2D eigenvalue weighted by Crippen LogP contribution is -2.57. The molecule has 1 heterocycles. The van der Waals surface area contributed by atoms with E-state index in [2.05, 4.69) is 37.1 Å². The third-order valence-corrected chi connectivity index (χ3v) is 7.98. The Morgan fingerprint density at radius 1 is 1.09 bits per heavy atom. The number of hydrogen-bond donors (Lipinski definition) is 1. The van der Waals surface area contributed by atoms with Gasteiger partial charge in [0.15, 0.2) is 0 Å². The van der Waals surface area contributed by atoms with Gasteiger partial charge in [0, 0.05) is 30.4 Å². The molecular weight excluding hydrogens is 268 g/mol. The van der Waals surface area contributed by atoms with Gasteiger partial charge in [-0.15, -0.1) is 0 Å². The van der Waals surface area contributed by atoms with Crippen LogP contribution in [0, 0.1) is 28.6 Å². The standard InChI is InChI=1S/C20H32N2/c1-19-9-3-5-16(19)15-6-7-18-20(2,17(15)8-11-19)10-4-13-22(18)14-12-21/h4,10,12,14-18H,3,5-9,11,13,21H2,1-2H3/b14-12-/t15?,16?,17?,18?,19-,20+/m0/s1. The van der Waals surface area contributed by atoms with Crippen molar-refractivity contribution in [1.82, 2.24) is 4.90 Å². The highest BCUT2D eigenvalue weighted by Gasteiger charge is 2.57. The Labute approximate surface area is 135 Å². The van der Waals surface area contributed by atoms with Crippen LogP contribution in [0.2, 0.25) is 0 Å². The third-order valence-electron chi connectivity index (χ3n) is 7.98. The maximum atomic E-state index is 5.70. The quantitative estimate of drug-likeness (QED) is 0.732. The Bertz CT molecular complexity index is 496. The lowest BCUT2D eigenvalue weighted by atomic mass is 9.48. The van der Waals surface area contributed by atoms with Crippen LogP contribution in [-0.2, 0) is 0 Å². The molecule has 122 valence electrons. The van der Waals surface area contributed by atoms with Gasteiger partial charge in [-0.2, -0.15) is 0 Å². The Kier molecular flexibility index (Phi) is 3.36. The maximum absolute atomic E-state index is 5.70. The molecule has 4 aliphatic rings. The lowest BCUT2D eigenvalue weighted by Gasteiger charge is -2.60. The molecule has 4 rings (SSSR count). The average Bonchev–Trinajstić information content (AvgIpc) is 2.89. The van der Waals surface area contributed by atoms with Crippen LogP contribution in [0.25, 0.3) is 0 Å². The number of fused-ring (bicyclic) bond motifs is 5. The molecule has 22 heavy (non-hydrogen) atoms. The summed E-state index contributed by atoms with van der Waals surface area (Å²) in [4.78, 5) is 2.50. The van der Waals surface area contributed by atoms with Crippen LogP contribution in [-0.4, -0.2) is 17.5 Å². The molecule has 1 aliphatic heterocycles. The molecule has 4 unspecified atom stereocenters. The van der Waals surface area contributed by atoms with Gasteiger partial charge in [-0.3, -0.25) is 0 Å². The summed E-state index contributed by atoms with van der Waals surface area (Å²) in [5.41, 5.74) is 6.72. The molecule has 2 nitrogen and oxygen atoms in total. The third kappa shape index (κ3) is 1.91. The van der Waals surface area contributed by atoms with E-state index in [1.807, 2.05) is 0 Å². The normalized spacial score (nSPS) is 50.7. The Morgan fingerprint density at radius 2 is 1.95 bits per heavy atom. The summed E-state index contributed by atoms with van der Waals surface area (Å²) in [5.74, 6) is 2.85. The van der Waals surface area contributed by atoms with Gasteiger partial charge in [0.25, 0.3) is 0 Å². The number of nitrogens with two attached hydrogens (primary N) is 1. The fraction of sp³-hybridized carbons (Fsp3) is 0.800. The van der Waals surface area contributed by atoms with Gasteiger partial charge >= 0.3 is 0 Å². The van der Waals surface area contributed by atoms with Crippen LogP contribution in [0.5, 0.6) is 0 Å². The van der Waals surface area contributed by atoms with Crippen molar-refractivity contribution >= 4 is 0 Å². The van der Waals surface area contributed by atoms with Crippen molar-refractivity contribution in [2.45, 2.75) is 64.8 Å². The molecule has 0 aromatic heterocycles. The van der Waals surface area contributed by atoms with E-state index in [-0.39, 0.29) is 0 Å². The fourth-order valence-electron chi connectivity index (χ4n) is 6.95. The second-order valence-electron chi connectivity index (χ2n) is 8.86. The van der Waals surface area contributed by atoms with E-state index in [1.165, 1.54) is 44.9 Å². The number of hydrogen-bond acceptors (Lipinski definition) is 2. The zero-order valence-electron chi connectivity index (χ0n) is 14.3. The maximum Gasteiger partial charge on any atom is 0.0379 e. The SMILES string of the molecule is C[C@@]12CCCC1C1CCC3N(/C=C\N)CC=C[C@]3(C)C1CC2. The minimum Gasteiger partial charge on any atom is -0.403 e. The molecule has 0 spiro atoms. The first-order chi connectivity index (χ1) is 10.6. The molecule has 2 N–H and O–H groups in total. The fourth-order valence-corrected chi connectivity index (χ4v) is 6.95. The highest BCUT2D eigenvalue weighted by molar-refractivity contribution is 5.19. The molecule has 0 aromatic carbocycles. The van der Waals surface area contributed by atoms with E-state index in [9.17, 15) is 0 Å². The van der Waals surface area contributed by atoms with E-state index in [4.69, 9.17) is 5.73 Å². The van der Waals surface area contributed by atoms with Crippen molar-refractivity contribution in [2.24, 2.45) is 34.3 Å². The Morgan fingerprint density at radius 3 is 2.77 bits per heavy atom. The van der Waals surface area contributed by atoms with Crippen LogP contribution in [0.3, 0.4) is 0 Å². The van der Waals surface area contributed by atoms with Gasteiger partial charge in [0.2, 0.25) is 0 Å². The first kappa shape index (κ1) is 14.7. The van der Waals surface area contributed by atoms with Gasteiger partial charge in [-0.25, -0.2) is 0 Å². The zero-order valence-corrected chi connectivity index (χ0v) is 14.3. The summed E-state index contributed by atoms with van der Waals surface area (Å²) in [6, 6.07) is 0.657. The van der Waals surface area contributed by atoms with Gasteiger partial charge in [0.1, 0.15) is 0 Å². The van der Waals surface area contributed by atoms with Crippen LogP contribution >= 0.6 is 0 Å². The second-order valence-corrected chi connectivity index (χ2v) is 8.86. The topological polar surface area (TPSA) is 29.3 Å². The molecule has 0 amide bonds. The smallest absolute Gasteiger partial charge is 0.0379 e. The lowest BCUT2D eigenvalue weighted by molar-refractivity contribution is -0.0733. The van der Waals surface area contributed by atoms with Gasteiger partial charge in [-0.1, -0.05) is 32.4 Å². The molecule has 3 fully saturated rings. The minimum atomic E-state index is 0.352. The first-order valence-corrected chi connectivity index (χ1v) is 9.40. The van der Waals surface area contributed by atoms with Crippen molar-refractivity contribution < 1.29 is 0 Å². The summed E-state index contributed by atoms with van der Waals surface area (Å²) in [5, 5.41) is 0. The van der Waals surface area contributed by atoms with Crippen molar-refractivity contribution in [1.29, 1.82) is 0 Å². The summed E-state index contributed by atoms with van der Waals surface area (Å²) < 4.78 is 0. The van der Waals surface area contributed by atoms with Crippen LogP contribution in [0.15, 0.2) is 24.6 Å². The molecule has 0 radical (unpaired) electrons. The molecule has 2 heteroatoms. The largest absolute Gasteiger partial charge is 0.403 e. The van der Waals surface area contributed by atoms with Crippen molar-refractivity contribution in [2.75, 3.05) is 6.54 Å². The summed E-state index contributed by atoms with van der Waals surface area (Å²) >= 11 is 0. The first-order valence-electron chi connectivity index (χ1n) is 9.40. The monoisotopic (exact) mass is 300 g/mol. The molecule has 0 bridgehead atoms. The molecule has 0 saturated heterocycles. The minimum absolute atomic E-state index is 0.352. The van der Waals surface area contributed by atoms with E-state index in [0.29, 0.717) is 16.9 Å². The van der Waals surface area contributed by atoms with E-state index < -0.39 is 0 Å². The number of rotatable bonds is 1. The summed E-state index contributed by atoms with van der Waals surface area (Å²) in [7, 11) is 0. The predicted molar refractivity (Wildman–Crippen MR) is 92.0 cm³/mol. The summed E-state index contributed by atoms with van der Waals surface area (Å²) in [6.45, 7) is 6.17. The highest BCUT2D eigenvalue weighted by Crippen LogP contribution is 2.63. The number of nitrogens with zero attached hydrogens (tertiary/aromatic N) is 1. The zero-order chi connectivity index (χ0) is 15.4. The van der Waals surface area contributed by atoms with E-state index in [1.54, 1.807) is 6.20 Å². The second kappa shape index (κ2) is 5.04. The Balaban J connectivity index is 1.66. The predicted octanol–water partition coefficient (Wildman–Crippen LogP) is 4.29. The van der Waals surface area contributed by atoms with Crippen molar-refractivity contribution in [3.05, 3.63) is 24.6 Å². The molecule has 3 aliphatic carbocycles. The van der Waals surface area contributed by atoms with E-state index >= 15 is 0 Å². The Hall–Kier alpha value is -0.920. The van der Waals surface area contributed by atoms with Gasteiger partial charge in [-0.05, 0) is 61.7 Å².